The van der Waals surface area contributed by atoms with E-state index in [0.29, 0.717) is 19.8 Å². The van der Waals surface area contributed by atoms with E-state index in [2.05, 4.69) is 11.1 Å². The van der Waals surface area contributed by atoms with Crippen LogP contribution in [-0.4, -0.2) is 42.1 Å². The van der Waals surface area contributed by atoms with Gasteiger partial charge in [-0.05, 0) is 36.6 Å². The number of H-pyrrole nitrogens is 1. The monoisotopic (exact) mass is 314 g/mol. The van der Waals surface area contributed by atoms with E-state index in [0.717, 1.165) is 35.9 Å². The highest BCUT2D eigenvalue weighted by Gasteiger charge is 2.29. The zero-order valence-corrected chi connectivity index (χ0v) is 12.8. The largest absolute Gasteiger partial charge is 0.381 e. The maximum atomic E-state index is 13.3. The van der Waals surface area contributed by atoms with Gasteiger partial charge in [-0.25, -0.2) is 4.39 Å². The fraction of sp³-hybridized carbons (Fsp3) is 0.389. The van der Waals surface area contributed by atoms with Crippen LogP contribution < -0.4 is 0 Å². The molecule has 2 aromatic rings. The summed E-state index contributed by atoms with van der Waals surface area (Å²) in [5.74, 6) is -0.00103. The van der Waals surface area contributed by atoms with Gasteiger partial charge in [0.25, 0.3) is 0 Å². The van der Waals surface area contributed by atoms with Crippen molar-refractivity contribution in [3.05, 3.63) is 41.9 Å². The molecule has 1 amide bonds. The molecule has 5 heteroatoms. The molecule has 1 saturated heterocycles. The van der Waals surface area contributed by atoms with Gasteiger partial charge in [0.05, 0.1) is 12.5 Å². The minimum Gasteiger partial charge on any atom is -0.381 e. The Labute approximate surface area is 133 Å². The molecule has 0 radical (unpaired) electrons. The van der Waals surface area contributed by atoms with Gasteiger partial charge < -0.3 is 14.6 Å². The van der Waals surface area contributed by atoms with Gasteiger partial charge in [0.15, 0.2) is 0 Å². The number of nitrogens with zero attached hydrogens (tertiary/aromatic N) is 1. The lowest BCUT2D eigenvalue weighted by Gasteiger charge is -2.28. The number of hydrogen-bond acceptors (Lipinski definition) is 2. The first-order chi connectivity index (χ1) is 11.2. The second-order valence-electron chi connectivity index (χ2n) is 6.22. The highest BCUT2D eigenvalue weighted by molar-refractivity contribution is 5.93. The standard InChI is InChI=1S/C18H19FN2O2/c19-14-1-2-15-16(10-20-17(15)9-14)12-3-6-21(7-4-12)18(22)13-5-8-23-11-13/h1-3,9-10,13,20H,4-8,11H2/t13-/m1/s1. The van der Waals surface area contributed by atoms with Gasteiger partial charge in [-0.2, -0.15) is 0 Å². The van der Waals surface area contributed by atoms with Gasteiger partial charge in [0.1, 0.15) is 5.82 Å². The van der Waals surface area contributed by atoms with Crippen LogP contribution >= 0.6 is 0 Å². The third-order valence-electron chi connectivity index (χ3n) is 4.79. The van der Waals surface area contributed by atoms with Crippen LogP contribution in [0.3, 0.4) is 0 Å². The van der Waals surface area contributed by atoms with E-state index in [-0.39, 0.29) is 17.6 Å². The molecule has 0 unspecified atom stereocenters. The molecule has 2 aliphatic heterocycles. The molecule has 0 spiro atoms. The van der Waals surface area contributed by atoms with Crippen molar-refractivity contribution in [2.75, 3.05) is 26.3 Å². The first-order valence-corrected chi connectivity index (χ1v) is 8.05. The minimum absolute atomic E-state index is 0.0287. The van der Waals surface area contributed by atoms with E-state index in [9.17, 15) is 9.18 Å². The molecule has 1 N–H and O–H groups in total. The van der Waals surface area contributed by atoms with Crippen LogP contribution in [0.4, 0.5) is 4.39 Å². The van der Waals surface area contributed by atoms with Gasteiger partial charge in [0, 0.05) is 42.4 Å². The number of fused-ring (bicyclic) bond motifs is 1. The van der Waals surface area contributed by atoms with Crippen molar-refractivity contribution in [3.63, 3.8) is 0 Å². The maximum Gasteiger partial charge on any atom is 0.228 e. The molecule has 3 heterocycles. The Bertz CT molecular complexity index is 774. The van der Waals surface area contributed by atoms with Crippen molar-refractivity contribution in [3.8, 4) is 0 Å². The number of halogens is 1. The molecule has 0 aliphatic carbocycles. The smallest absolute Gasteiger partial charge is 0.228 e. The Kier molecular flexibility index (Phi) is 3.65. The van der Waals surface area contributed by atoms with Crippen molar-refractivity contribution in [1.29, 1.82) is 0 Å². The Hall–Kier alpha value is -2.14. The zero-order chi connectivity index (χ0) is 15.8. The van der Waals surface area contributed by atoms with Gasteiger partial charge in [-0.15, -0.1) is 0 Å². The molecule has 0 bridgehead atoms. The quantitative estimate of drug-likeness (QED) is 0.926. The molecular formula is C18H19FN2O2. The number of carbonyl (C=O) groups is 1. The van der Waals surface area contributed by atoms with Crippen molar-refractivity contribution < 1.29 is 13.9 Å². The van der Waals surface area contributed by atoms with Crippen molar-refractivity contribution in [1.82, 2.24) is 9.88 Å². The number of aromatic nitrogens is 1. The number of nitrogens with one attached hydrogen (secondary N) is 1. The maximum absolute atomic E-state index is 13.3. The Morgan fingerprint density at radius 1 is 1.39 bits per heavy atom. The van der Waals surface area contributed by atoms with E-state index in [1.807, 2.05) is 17.2 Å². The Balaban J connectivity index is 1.53. The summed E-state index contributed by atoms with van der Waals surface area (Å²) in [6.45, 7) is 2.62. The van der Waals surface area contributed by atoms with Gasteiger partial charge in [-0.3, -0.25) is 4.79 Å². The summed E-state index contributed by atoms with van der Waals surface area (Å²) in [5.41, 5.74) is 3.13. The molecule has 1 aromatic heterocycles. The Morgan fingerprint density at radius 2 is 2.30 bits per heavy atom. The van der Waals surface area contributed by atoms with Crippen LogP contribution in [0.15, 0.2) is 30.5 Å². The summed E-state index contributed by atoms with van der Waals surface area (Å²) in [7, 11) is 0. The number of carbonyl (C=O) groups excluding carboxylic acids is 1. The molecular weight excluding hydrogens is 295 g/mol. The van der Waals surface area contributed by atoms with Crippen LogP contribution in [-0.2, 0) is 9.53 Å². The SMILES string of the molecule is O=C([C@@H]1CCOC1)N1CC=C(c2c[nH]c3cc(F)ccc23)CC1. The molecule has 0 saturated carbocycles. The van der Waals surface area contributed by atoms with Crippen LogP contribution in [0.5, 0.6) is 0 Å². The number of amides is 1. The first-order valence-electron chi connectivity index (χ1n) is 8.05. The summed E-state index contributed by atoms with van der Waals surface area (Å²) in [5, 5.41) is 1.03. The van der Waals surface area contributed by atoms with Crippen molar-refractivity contribution in [2.24, 2.45) is 5.92 Å². The van der Waals surface area contributed by atoms with E-state index >= 15 is 0 Å². The average Bonchev–Trinajstić information content (AvgIpc) is 3.23. The number of hydrogen-bond donors (Lipinski definition) is 1. The van der Waals surface area contributed by atoms with E-state index < -0.39 is 0 Å². The van der Waals surface area contributed by atoms with Crippen molar-refractivity contribution >= 4 is 22.4 Å². The zero-order valence-electron chi connectivity index (χ0n) is 12.8. The third-order valence-corrected chi connectivity index (χ3v) is 4.79. The summed E-state index contributed by atoms with van der Waals surface area (Å²) >= 11 is 0. The molecule has 4 rings (SSSR count). The van der Waals surface area contributed by atoms with Gasteiger partial charge in [-0.1, -0.05) is 6.08 Å². The van der Waals surface area contributed by atoms with E-state index in [4.69, 9.17) is 4.74 Å². The summed E-state index contributed by atoms with van der Waals surface area (Å²) in [6, 6.07) is 4.81. The number of aromatic amines is 1. The minimum atomic E-state index is -0.237. The molecule has 1 aromatic carbocycles. The topological polar surface area (TPSA) is 45.3 Å². The predicted molar refractivity (Wildman–Crippen MR) is 86.4 cm³/mol. The molecule has 120 valence electrons. The van der Waals surface area contributed by atoms with Crippen LogP contribution in [0.25, 0.3) is 16.5 Å². The first kappa shape index (κ1) is 14.5. The highest BCUT2D eigenvalue weighted by Crippen LogP contribution is 2.30. The molecule has 1 fully saturated rings. The number of rotatable bonds is 2. The lowest BCUT2D eigenvalue weighted by Crippen LogP contribution is -2.39. The molecule has 4 nitrogen and oxygen atoms in total. The predicted octanol–water partition coefficient (Wildman–Crippen LogP) is 2.96. The van der Waals surface area contributed by atoms with Crippen LogP contribution in [0.1, 0.15) is 18.4 Å². The van der Waals surface area contributed by atoms with E-state index in [1.165, 1.54) is 17.7 Å². The van der Waals surface area contributed by atoms with Gasteiger partial charge in [0.2, 0.25) is 5.91 Å². The van der Waals surface area contributed by atoms with Crippen LogP contribution in [0, 0.1) is 11.7 Å². The lowest BCUT2D eigenvalue weighted by atomic mass is 9.98. The van der Waals surface area contributed by atoms with Crippen LogP contribution in [0.2, 0.25) is 0 Å². The normalized spacial score (nSPS) is 21.7. The summed E-state index contributed by atoms with van der Waals surface area (Å²) in [4.78, 5) is 17.5. The third kappa shape index (κ3) is 2.65. The molecule has 2 aliphatic rings. The summed E-state index contributed by atoms with van der Waals surface area (Å²) < 4.78 is 18.6. The highest BCUT2D eigenvalue weighted by atomic mass is 19.1. The molecule has 1 atom stereocenters. The van der Waals surface area contributed by atoms with E-state index in [1.54, 1.807) is 0 Å². The summed E-state index contributed by atoms with van der Waals surface area (Å²) in [6.07, 6.45) is 5.70. The van der Waals surface area contributed by atoms with Crippen molar-refractivity contribution in [2.45, 2.75) is 12.8 Å². The fourth-order valence-electron chi connectivity index (χ4n) is 3.47. The second kappa shape index (κ2) is 5.81. The number of ether oxygens (including phenoxy) is 1. The Morgan fingerprint density at radius 3 is 3.04 bits per heavy atom. The second-order valence-corrected chi connectivity index (χ2v) is 6.22. The lowest BCUT2D eigenvalue weighted by molar-refractivity contribution is -0.135. The average molecular weight is 314 g/mol. The fourth-order valence-corrected chi connectivity index (χ4v) is 3.47. The van der Waals surface area contributed by atoms with Gasteiger partial charge >= 0.3 is 0 Å². The number of benzene rings is 1. The molecule has 23 heavy (non-hydrogen) atoms.